The number of hydrogen-bond donors (Lipinski definition) is 1. The van der Waals surface area contributed by atoms with Crippen molar-refractivity contribution in [1.82, 2.24) is 0 Å². The molecule has 4 heteroatoms. The van der Waals surface area contributed by atoms with E-state index in [0.717, 1.165) is 20.7 Å². The molecule has 0 aliphatic carbocycles. The summed E-state index contributed by atoms with van der Waals surface area (Å²) in [6, 6.07) is 14.1. The lowest BCUT2D eigenvalue weighted by molar-refractivity contribution is 0.199. The molecular formula is C17H19BrClNO. The zero-order valence-corrected chi connectivity index (χ0v) is 14.7. The standard InChI is InChI=1S/C17H19BrClNO/c1-11(13-4-7-15(19)8-5-13)20(3)17-9-6-14(12(2)21)10-16(17)18/h4-12,21H,1-3H3. The SMILES string of the molecule is CC(O)c1ccc(N(C)C(C)c2ccc(Cl)cc2)c(Br)c1. The molecule has 0 spiro atoms. The summed E-state index contributed by atoms with van der Waals surface area (Å²) in [7, 11) is 2.06. The Kier molecular flexibility index (Phi) is 5.31. The molecule has 2 atom stereocenters. The van der Waals surface area contributed by atoms with Crippen LogP contribution in [0.15, 0.2) is 46.9 Å². The van der Waals surface area contributed by atoms with E-state index in [1.54, 1.807) is 6.92 Å². The molecule has 2 aromatic carbocycles. The van der Waals surface area contributed by atoms with Gasteiger partial charge in [0.2, 0.25) is 0 Å². The second-order valence-corrected chi connectivity index (χ2v) is 6.52. The summed E-state index contributed by atoms with van der Waals surface area (Å²) < 4.78 is 0.976. The molecule has 0 aliphatic heterocycles. The van der Waals surface area contributed by atoms with E-state index in [-0.39, 0.29) is 6.04 Å². The number of benzene rings is 2. The Labute approximate surface area is 139 Å². The Morgan fingerprint density at radius 3 is 2.14 bits per heavy atom. The van der Waals surface area contributed by atoms with Crippen LogP contribution in [0.1, 0.15) is 37.1 Å². The molecule has 0 aliphatic rings. The molecule has 21 heavy (non-hydrogen) atoms. The molecule has 0 saturated heterocycles. The molecule has 0 amide bonds. The van der Waals surface area contributed by atoms with Crippen molar-refractivity contribution < 1.29 is 5.11 Å². The lowest BCUT2D eigenvalue weighted by Crippen LogP contribution is -2.22. The highest BCUT2D eigenvalue weighted by atomic mass is 79.9. The molecule has 0 saturated carbocycles. The first kappa shape index (κ1) is 16.3. The smallest absolute Gasteiger partial charge is 0.0762 e. The van der Waals surface area contributed by atoms with E-state index in [0.29, 0.717) is 0 Å². The van der Waals surface area contributed by atoms with Crippen LogP contribution >= 0.6 is 27.5 Å². The Morgan fingerprint density at radius 2 is 1.62 bits per heavy atom. The molecule has 0 aromatic heterocycles. The Hall–Kier alpha value is -1.03. The van der Waals surface area contributed by atoms with Crippen LogP contribution in [0.4, 0.5) is 5.69 Å². The normalized spacial score (nSPS) is 13.8. The first-order chi connectivity index (χ1) is 9.90. The monoisotopic (exact) mass is 367 g/mol. The largest absolute Gasteiger partial charge is 0.389 e. The topological polar surface area (TPSA) is 23.5 Å². The van der Waals surface area contributed by atoms with Gasteiger partial charge in [-0.05, 0) is 65.2 Å². The van der Waals surface area contributed by atoms with Gasteiger partial charge in [0.05, 0.1) is 17.8 Å². The number of aliphatic hydroxyl groups excluding tert-OH is 1. The molecule has 1 N–H and O–H groups in total. The maximum absolute atomic E-state index is 9.64. The van der Waals surface area contributed by atoms with Crippen LogP contribution in [0.25, 0.3) is 0 Å². The summed E-state index contributed by atoms with van der Waals surface area (Å²) in [5, 5.41) is 10.4. The average molecular weight is 369 g/mol. The maximum Gasteiger partial charge on any atom is 0.0762 e. The van der Waals surface area contributed by atoms with Gasteiger partial charge in [-0.3, -0.25) is 0 Å². The van der Waals surface area contributed by atoms with E-state index >= 15 is 0 Å². The highest BCUT2D eigenvalue weighted by Crippen LogP contribution is 2.33. The molecule has 0 fully saturated rings. The van der Waals surface area contributed by atoms with Crippen molar-refractivity contribution in [3.8, 4) is 0 Å². The van der Waals surface area contributed by atoms with Crippen LogP contribution in [0.5, 0.6) is 0 Å². The summed E-state index contributed by atoms with van der Waals surface area (Å²) in [5.41, 5.74) is 3.19. The predicted octanol–water partition coefficient (Wildman–Crippen LogP) is 5.35. The van der Waals surface area contributed by atoms with Crippen molar-refractivity contribution in [2.24, 2.45) is 0 Å². The van der Waals surface area contributed by atoms with Crippen molar-refractivity contribution in [1.29, 1.82) is 0 Å². The van der Waals surface area contributed by atoms with Gasteiger partial charge in [-0.25, -0.2) is 0 Å². The third-order valence-electron chi connectivity index (χ3n) is 3.77. The van der Waals surface area contributed by atoms with Gasteiger partial charge in [0, 0.05) is 16.5 Å². The summed E-state index contributed by atoms with van der Waals surface area (Å²) in [6.07, 6.45) is -0.464. The summed E-state index contributed by atoms with van der Waals surface area (Å²) >= 11 is 9.54. The minimum Gasteiger partial charge on any atom is -0.389 e. The van der Waals surface area contributed by atoms with Gasteiger partial charge < -0.3 is 10.0 Å². The summed E-state index contributed by atoms with van der Waals surface area (Å²) in [5.74, 6) is 0. The summed E-state index contributed by atoms with van der Waals surface area (Å²) in [6.45, 7) is 3.92. The number of rotatable bonds is 4. The average Bonchev–Trinajstić information content (AvgIpc) is 2.46. The minimum atomic E-state index is -0.464. The lowest BCUT2D eigenvalue weighted by Gasteiger charge is -2.29. The van der Waals surface area contributed by atoms with Crippen molar-refractivity contribution in [2.75, 3.05) is 11.9 Å². The molecule has 2 nitrogen and oxygen atoms in total. The highest BCUT2D eigenvalue weighted by molar-refractivity contribution is 9.10. The molecule has 2 rings (SSSR count). The molecule has 112 valence electrons. The van der Waals surface area contributed by atoms with Gasteiger partial charge in [-0.1, -0.05) is 29.8 Å². The van der Waals surface area contributed by atoms with Crippen molar-refractivity contribution in [3.05, 3.63) is 63.1 Å². The molecule has 0 heterocycles. The van der Waals surface area contributed by atoms with Gasteiger partial charge in [0.1, 0.15) is 0 Å². The number of aliphatic hydroxyl groups is 1. The molecule has 2 unspecified atom stereocenters. The molecule has 0 bridgehead atoms. The first-order valence-electron chi connectivity index (χ1n) is 6.86. The minimum absolute atomic E-state index is 0.218. The first-order valence-corrected chi connectivity index (χ1v) is 8.03. The lowest BCUT2D eigenvalue weighted by atomic mass is 10.1. The van der Waals surface area contributed by atoms with E-state index in [1.165, 1.54) is 5.56 Å². The van der Waals surface area contributed by atoms with E-state index in [4.69, 9.17) is 11.6 Å². The van der Waals surface area contributed by atoms with Crippen LogP contribution in [0.2, 0.25) is 5.02 Å². The zero-order chi connectivity index (χ0) is 15.6. The fourth-order valence-corrected chi connectivity index (χ4v) is 3.04. The van der Waals surface area contributed by atoms with Crippen molar-refractivity contribution >= 4 is 33.2 Å². The number of hydrogen-bond acceptors (Lipinski definition) is 2. The molecular weight excluding hydrogens is 350 g/mol. The number of nitrogens with zero attached hydrogens (tertiary/aromatic N) is 1. The molecule has 2 aromatic rings. The number of halogens is 2. The van der Waals surface area contributed by atoms with Crippen LogP contribution < -0.4 is 4.90 Å². The fourth-order valence-electron chi connectivity index (χ4n) is 2.24. The number of anilines is 1. The van der Waals surface area contributed by atoms with Crippen molar-refractivity contribution in [2.45, 2.75) is 26.0 Å². The van der Waals surface area contributed by atoms with Crippen LogP contribution in [-0.4, -0.2) is 12.2 Å². The molecule has 0 radical (unpaired) electrons. The van der Waals surface area contributed by atoms with Gasteiger partial charge in [-0.2, -0.15) is 0 Å². The predicted molar refractivity (Wildman–Crippen MR) is 93.0 cm³/mol. The Morgan fingerprint density at radius 1 is 1.05 bits per heavy atom. The van der Waals surface area contributed by atoms with E-state index < -0.39 is 6.10 Å². The van der Waals surface area contributed by atoms with Gasteiger partial charge in [0.15, 0.2) is 0 Å². The Balaban J connectivity index is 2.26. The Bertz CT molecular complexity index is 613. The quantitative estimate of drug-likeness (QED) is 0.786. The van der Waals surface area contributed by atoms with Crippen molar-refractivity contribution in [3.63, 3.8) is 0 Å². The second kappa shape index (κ2) is 6.82. The second-order valence-electron chi connectivity index (χ2n) is 5.23. The van der Waals surface area contributed by atoms with E-state index in [9.17, 15) is 5.11 Å². The highest BCUT2D eigenvalue weighted by Gasteiger charge is 2.15. The summed E-state index contributed by atoms with van der Waals surface area (Å²) in [4.78, 5) is 2.19. The van der Waals surface area contributed by atoms with E-state index in [1.807, 2.05) is 42.5 Å². The fraction of sp³-hybridized carbons (Fsp3) is 0.294. The van der Waals surface area contributed by atoms with Crippen LogP contribution in [-0.2, 0) is 0 Å². The van der Waals surface area contributed by atoms with Crippen LogP contribution in [0, 0.1) is 0 Å². The van der Waals surface area contributed by atoms with Gasteiger partial charge >= 0.3 is 0 Å². The zero-order valence-electron chi connectivity index (χ0n) is 12.3. The third-order valence-corrected chi connectivity index (χ3v) is 4.65. The van der Waals surface area contributed by atoms with Crippen LogP contribution in [0.3, 0.4) is 0 Å². The van der Waals surface area contributed by atoms with E-state index in [2.05, 4.69) is 34.8 Å². The van der Waals surface area contributed by atoms with Gasteiger partial charge in [-0.15, -0.1) is 0 Å². The maximum atomic E-state index is 9.64. The van der Waals surface area contributed by atoms with Gasteiger partial charge in [0.25, 0.3) is 0 Å². The third kappa shape index (κ3) is 3.79.